The van der Waals surface area contributed by atoms with Crippen LogP contribution in [0.3, 0.4) is 0 Å². The molecule has 3 aromatic heterocycles. The molecule has 181 valence electrons. The monoisotopic (exact) mass is 527 g/mol. The van der Waals surface area contributed by atoms with Gasteiger partial charge in [-0.1, -0.05) is 0 Å². The molecule has 1 fully saturated rings. The Balaban J connectivity index is 0.000000465. The van der Waals surface area contributed by atoms with Crippen molar-refractivity contribution in [2.75, 3.05) is 37.9 Å². The van der Waals surface area contributed by atoms with Crippen molar-refractivity contribution in [2.24, 2.45) is 5.92 Å². The number of halogens is 1. The standard InChI is InChI=1S/C18H20FN3O4S.C4H5N3.K/c1-10-14(18(24)26-3)27-16(20-10)12-4-5-13(21-15(12)19)22-8-6-11(7-9-22)17(23)25-2;5-4-6-2-1-3-7-4;/h4-5,11H,6-9H2,1-3H3;1-3H,(H2,5,6,7);. The van der Waals surface area contributed by atoms with E-state index in [4.69, 9.17) is 15.2 Å². The zero-order valence-corrected chi connectivity index (χ0v) is 24.0. The van der Waals surface area contributed by atoms with Crippen LogP contribution in [0, 0.1) is 18.8 Å². The molecule has 0 amide bonds. The number of nitrogens with zero attached hydrogens (tertiary/aromatic N) is 5. The van der Waals surface area contributed by atoms with Gasteiger partial charge in [0.1, 0.15) is 15.7 Å². The number of methoxy groups -OCH3 is 2. The minimum Gasteiger partial charge on any atom is -0.469 e. The van der Waals surface area contributed by atoms with Crippen LogP contribution < -0.4 is 10.6 Å². The number of esters is 2. The molecular formula is C22H25FKN6O4S. The number of ether oxygens (including phenoxy) is 2. The number of anilines is 2. The minimum absolute atomic E-state index is 0. The maximum Gasteiger partial charge on any atom is 0.349 e. The maximum absolute atomic E-state index is 14.6. The van der Waals surface area contributed by atoms with Gasteiger partial charge in [0.2, 0.25) is 11.9 Å². The number of pyridine rings is 1. The summed E-state index contributed by atoms with van der Waals surface area (Å²) in [5.41, 5.74) is 5.87. The first-order valence-corrected chi connectivity index (χ1v) is 11.2. The Bertz CT molecular complexity index is 1140. The van der Waals surface area contributed by atoms with Gasteiger partial charge in [-0.25, -0.2) is 24.7 Å². The molecule has 4 heterocycles. The first kappa shape index (κ1) is 29.2. The molecule has 1 aliphatic rings. The summed E-state index contributed by atoms with van der Waals surface area (Å²) in [6, 6.07) is 5.06. The van der Waals surface area contributed by atoms with Gasteiger partial charge in [-0.15, -0.1) is 11.3 Å². The van der Waals surface area contributed by atoms with Gasteiger partial charge < -0.3 is 20.1 Å². The van der Waals surface area contributed by atoms with Gasteiger partial charge in [-0.05, 0) is 38.0 Å². The molecule has 1 aliphatic heterocycles. The van der Waals surface area contributed by atoms with Crippen LogP contribution in [-0.4, -0.2) is 111 Å². The van der Waals surface area contributed by atoms with E-state index in [9.17, 15) is 14.0 Å². The molecule has 4 rings (SSSR count). The molecule has 0 aliphatic carbocycles. The Morgan fingerprint density at radius 3 is 2.29 bits per heavy atom. The van der Waals surface area contributed by atoms with Crippen molar-refractivity contribution in [1.29, 1.82) is 0 Å². The molecule has 1 saturated heterocycles. The average molecular weight is 528 g/mol. The van der Waals surface area contributed by atoms with E-state index >= 15 is 0 Å². The summed E-state index contributed by atoms with van der Waals surface area (Å²) in [5.74, 6) is -0.624. The third kappa shape index (κ3) is 7.72. The number of rotatable bonds is 4. The molecule has 0 bridgehead atoms. The number of carbonyl (C=O) groups excluding carboxylic acids is 2. The molecule has 0 atom stereocenters. The molecule has 10 nitrogen and oxygen atoms in total. The van der Waals surface area contributed by atoms with Gasteiger partial charge in [0, 0.05) is 76.9 Å². The fraction of sp³-hybridized carbons (Fsp3) is 0.364. The Morgan fingerprint density at radius 1 is 1.11 bits per heavy atom. The van der Waals surface area contributed by atoms with E-state index in [0.717, 1.165) is 11.3 Å². The fourth-order valence-electron chi connectivity index (χ4n) is 3.38. The SMILES string of the molecule is COC(=O)c1sc(-c2ccc(N3CCC(C(=O)OC)CC3)nc2F)nc1C.Nc1ncccn1.[K]. The number of carbonyl (C=O) groups is 2. The third-order valence-electron chi connectivity index (χ3n) is 5.17. The van der Waals surface area contributed by atoms with Crippen molar-refractivity contribution < 1.29 is 23.5 Å². The first-order chi connectivity index (χ1) is 16.3. The van der Waals surface area contributed by atoms with Crippen LogP contribution in [0.25, 0.3) is 10.6 Å². The summed E-state index contributed by atoms with van der Waals surface area (Å²) in [6.07, 6.45) is 4.49. The van der Waals surface area contributed by atoms with Crippen LogP contribution >= 0.6 is 11.3 Å². The summed E-state index contributed by atoms with van der Waals surface area (Å²) in [6.45, 7) is 2.89. The Morgan fingerprint density at radius 2 is 1.77 bits per heavy atom. The molecule has 3 aromatic rings. The predicted octanol–water partition coefficient (Wildman–Crippen LogP) is 2.51. The topological polar surface area (TPSA) is 133 Å². The van der Waals surface area contributed by atoms with Gasteiger partial charge in [0.05, 0.1) is 31.4 Å². The van der Waals surface area contributed by atoms with Crippen LogP contribution in [0.4, 0.5) is 16.2 Å². The zero-order valence-electron chi connectivity index (χ0n) is 20.0. The Labute approximate surface area is 248 Å². The van der Waals surface area contributed by atoms with Gasteiger partial charge in [-0.2, -0.15) is 4.39 Å². The largest absolute Gasteiger partial charge is 0.469 e. The van der Waals surface area contributed by atoms with E-state index in [1.807, 2.05) is 4.90 Å². The van der Waals surface area contributed by atoms with Crippen LogP contribution in [0.15, 0.2) is 30.6 Å². The van der Waals surface area contributed by atoms with E-state index in [0.29, 0.717) is 53.3 Å². The predicted molar refractivity (Wildman–Crippen MR) is 131 cm³/mol. The molecule has 35 heavy (non-hydrogen) atoms. The number of aromatic nitrogens is 4. The van der Waals surface area contributed by atoms with E-state index < -0.39 is 11.9 Å². The number of piperidine rings is 1. The summed E-state index contributed by atoms with van der Waals surface area (Å²) in [5, 5.41) is 0.383. The molecule has 1 radical (unpaired) electrons. The van der Waals surface area contributed by atoms with Crippen molar-refractivity contribution in [2.45, 2.75) is 19.8 Å². The number of nitrogen functional groups attached to an aromatic ring is 1. The fourth-order valence-corrected chi connectivity index (χ4v) is 4.37. The number of aryl methyl sites for hydroxylation is 1. The molecular weight excluding hydrogens is 502 g/mol. The molecule has 2 N–H and O–H groups in total. The Hall–Kier alpha value is -2.03. The quantitative estimate of drug-likeness (QED) is 0.306. The molecule has 0 saturated carbocycles. The van der Waals surface area contributed by atoms with Crippen molar-refractivity contribution in [1.82, 2.24) is 19.9 Å². The van der Waals surface area contributed by atoms with Crippen LogP contribution in [0.1, 0.15) is 28.2 Å². The van der Waals surface area contributed by atoms with E-state index in [1.165, 1.54) is 14.2 Å². The summed E-state index contributed by atoms with van der Waals surface area (Å²) < 4.78 is 24.1. The minimum atomic E-state index is -0.646. The first-order valence-electron chi connectivity index (χ1n) is 10.4. The number of nitrogens with two attached hydrogens (primary N) is 1. The van der Waals surface area contributed by atoms with Gasteiger partial charge in [0.15, 0.2) is 0 Å². The van der Waals surface area contributed by atoms with Crippen LogP contribution in [-0.2, 0) is 14.3 Å². The second kappa shape index (κ2) is 13.9. The van der Waals surface area contributed by atoms with Crippen molar-refractivity contribution in [3.63, 3.8) is 0 Å². The maximum atomic E-state index is 14.6. The van der Waals surface area contributed by atoms with Crippen molar-refractivity contribution in [3.05, 3.63) is 47.1 Å². The second-order valence-corrected chi connectivity index (χ2v) is 8.32. The average Bonchev–Trinajstić information content (AvgIpc) is 3.25. The van der Waals surface area contributed by atoms with Gasteiger partial charge in [0.25, 0.3) is 0 Å². The van der Waals surface area contributed by atoms with E-state index in [2.05, 4.69) is 19.9 Å². The van der Waals surface area contributed by atoms with E-state index in [-0.39, 0.29) is 68.8 Å². The van der Waals surface area contributed by atoms with E-state index in [1.54, 1.807) is 37.5 Å². The number of thiazole rings is 1. The van der Waals surface area contributed by atoms with Crippen LogP contribution in [0.2, 0.25) is 0 Å². The molecule has 13 heteroatoms. The third-order valence-corrected chi connectivity index (χ3v) is 6.34. The normalized spacial score (nSPS) is 13.2. The summed E-state index contributed by atoms with van der Waals surface area (Å²) >= 11 is 1.08. The molecule has 0 unspecified atom stereocenters. The Kier molecular flexibility index (Phi) is 11.6. The number of hydrogen-bond acceptors (Lipinski definition) is 11. The molecule has 0 aromatic carbocycles. The molecule has 0 spiro atoms. The summed E-state index contributed by atoms with van der Waals surface area (Å²) in [7, 11) is 2.68. The van der Waals surface area contributed by atoms with Gasteiger partial charge in [-0.3, -0.25) is 4.79 Å². The van der Waals surface area contributed by atoms with Crippen molar-refractivity contribution >= 4 is 86.4 Å². The summed E-state index contributed by atoms with van der Waals surface area (Å²) in [4.78, 5) is 41.2. The number of hydrogen-bond donors (Lipinski definition) is 1. The smallest absolute Gasteiger partial charge is 0.349 e. The second-order valence-electron chi connectivity index (χ2n) is 7.32. The van der Waals surface area contributed by atoms with Crippen molar-refractivity contribution in [3.8, 4) is 10.6 Å². The van der Waals surface area contributed by atoms with Gasteiger partial charge >= 0.3 is 11.9 Å². The van der Waals surface area contributed by atoms with Crippen LogP contribution in [0.5, 0.6) is 0 Å². The zero-order chi connectivity index (χ0) is 24.7.